The standard InChI is InChI=1S/C24H29N3O3/c1-6-10-18(17-11-8-7-9-12-17)15-22-25-23(16(2)26-27-22)19-13-20(28-3)24(30-5)21(14-19)29-4/h7-9,11-14,18H,6,10,15H2,1-5H3. The van der Waals surface area contributed by atoms with Gasteiger partial charge in [0.25, 0.3) is 0 Å². The van der Waals surface area contributed by atoms with Crippen LogP contribution in [0.5, 0.6) is 17.2 Å². The van der Waals surface area contributed by atoms with E-state index in [1.54, 1.807) is 21.3 Å². The predicted molar refractivity (Wildman–Crippen MR) is 117 cm³/mol. The van der Waals surface area contributed by atoms with Gasteiger partial charge in [-0.3, -0.25) is 0 Å². The first kappa shape index (κ1) is 21.6. The summed E-state index contributed by atoms with van der Waals surface area (Å²) in [4.78, 5) is 4.87. The summed E-state index contributed by atoms with van der Waals surface area (Å²) in [7, 11) is 4.80. The van der Waals surface area contributed by atoms with Crippen LogP contribution in [-0.4, -0.2) is 36.5 Å². The van der Waals surface area contributed by atoms with Crippen LogP contribution in [0, 0.1) is 6.92 Å². The maximum absolute atomic E-state index is 5.50. The van der Waals surface area contributed by atoms with Gasteiger partial charge in [0, 0.05) is 12.0 Å². The third-order valence-corrected chi connectivity index (χ3v) is 5.17. The van der Waals surface area contributed by atoms with E-state index in [9.17, 15) is 0 Å². The van der Waals surface area contributed by atoms with E-state index >= 15 is 0 Å². The second kappa shape index (κ2) is 10.1. The molecule has 158 valence electrons. The highest BCUT2D eigenvalue weighted by molar-refractivity contribution is 5.69. The van der Waals surface area contributed by atoms with Crippen molar-refractivity contribution in [3.63, 3.8) is 0 Å². The molecule has 1 unspecified atom stereocenters. The maximum Gasteiger partial charge on any atom is 0.203 e. The highest BCUT2D eigenvalue weighted by atomic mass is 16.5. The average Bonchev–Trinajstić information content (AvgIpc) is 2.79. The minimum Gasteiger partial charge on any atom is -0.493 e. The predicted octanol–water partition coefficient (Wildman–Crippen LogP) is 5.00. The summed E-state index contributed by atoms with van der Waals surface area (Å²) < 4.78 is 16.4. The fourth-order valence-corrected chi connectivity index (χ4v) is 3.67. The molecule has 6 heteroatoms. The van der Waals surface area contributed by atoms with E-state index in [-0.39, 0.29) is 0 Å². The van der Waals surface area contributed by atoms with Gasteiger partial charge in [0.15, 0.2) is 17.3 Å². The van der Waals surface area contributed by atoms with Gasteiger partial charge in [-0.25, -0.2) is 4.98 Å². The molecule has 3 aromatic rings. The molecule has 2 aromatic carbocycles. The number of aromatic nitrogens is 3. The third-order valence-electron chi connectivity index (χ3n) is 5.17. The summed E-state index contributed by atoms with van der Waals surface area (Å²) in [6.45, 7) is 4.11. The first-order valence-corrected chi connectivity index (χ1v) is 10.2. The second-order valence-corrected chi connectivity index (χ2v) is 7.18. The van der Waals surface area contributed by atoms with Crippen molar-refractivity contribution >= 4 is 0 Å². The van der Waals surface area contributed by atoms with E-state index in [1.807, 2.05) is 25.1 Å². The Balaban J connectivity index is 1.99. The van der Waals surface area contributed by atoms with Crippen molar-refractivity contribution in [1.82, 2.24) is 15.2 Å². The number of benzene rings is 2. The quantitative estimate of drug-likeness (QED) is 0.497. The van der Waals surface area contributed by atoms with Gasteiger partial charge in [0.2, 0.25) is 5.75 Å². The highest BCUT2D eigenvalue weighted by Crippen LogP contribution is 2.41. The number of nitrogens with zero attached hydrogens (tertiary/aromatic N) is 3. The van der Waals surface area contributed by atoms with Crippen LogP contribution in [0.3, 0.4) is 0 Å². The molecule has 0 saturated carbocycles. The summed E-state index contributed by atoms with van der Waals surface area (Å²) >= 11 is 0. The smallest absolute Gasteiger partial charge is 0.203 e. The van der Waals surface area contributed by atoms with Gasteiger partial charge in [0.1, 0.15) is 0 Å². The van der Waals surface area contributed by atoms with Crippen LogP contribution in [0.15, 0.2) is 42.5 Å². The summed E-state index contributed by atoms with van der Waals surface area (Å²) in [5.41, 5.74) is 3.67. The Morgan fingerprint density at radius 1 is 0.900 bits per heavy atom. The number of ether oxygens (including phenoxy) is 3. The van der Waals surface area contributed by atoms with E-state index in [0.717, 1.165) is 42.0 Å². The van der Waals surface area contributed by atoms with Crippen LogP contribution in [0.2, 0.25) is 0 Å². The fraction of sp³-hybridized carbons (Fsp3) is 0.375. The van der Waals surface area contributed by atoms with Gasteiger partial charge in [-0.05, 0) is 37.0 Å². The van der Waals surface area contributed by atoms with Crippen LogP contribution >= 0.6 is 0 Å². The van der Waals surface area contributed by atoms with Crippen LogP contribution in [0.25, 0.3) is 11.3 Å². The third kappa shape index (κ3) is 4.70. The molecule has 0 aliphatic heterocycles. The Bertz CT molecular complexity index is 952. The summed E-state index contributed by atoms with van der Waals surface area (Å²) in [5, 5.41) is 8.77. The first-order chi connectivity index (χ1) is 14.6. The maximum atomic E-state index is 5.50. The van der Waals surface area contributed by atoms with Crippen LogP contribution in [0.4, 0.5) is 0 Å². The Morgan fingerprint density at radius 2 is 1.57 bits per heavy atom. The van der Waals surface area contributed by atoms with Gasteiger partial charge in [-0.15, -0.1) is 5.10 Å². The molecule has 6 nitrogen and oxygen atoms in total. The van der Waals surface area contributed by atoms with Crippen molar-refractivity contribution in [1.29, 1.82) is 0 Å². The molecule has 1 aromatic heterocycles. The summed E-state index contributed by atoms with van der Waals surface area (Å²) in [6, 6.07) is 14.3. The largest absolute Gasteiger partial charge is 0.493 e. The highest BCUT2D eigenvalue weighted by Gasteiger charge is 2.19. The zero-order valence-corrected chi connectivity index (χ0v) is 18.3. The number of hydrogen-bond acceptors (Lipinski definition) is 6. The second-order valence-electron chi connectivity index (χ2n) is 7.18. The lowest BCUT2D eigenvalue weighted by atomic mass is 9.91. The first-order valence-electron chi connectivity index (χ1n) is 10.2. The van der Waals surface area contributed by atoms with Crippen LogP contribution < -0.4 is 14.2 Å². The molecule has 0 aliphatic rings. The fourth-order valence-electron chi connectivity index (χ4n) is 3.67. The van der Waals surface area contributed by atoms with E-state index < -0.39 is 0 Å². The van der Waals surface area contributed by atoms with Crippen LogP contribution in [-0.2, 0) is 6.42 Å². The Morgan fingerprint density at radius 3 is 2.13 bits per heavy atom. The average molecular weight is 408 g/mol. The number of aryl methyl sites for hydroxylation is 1. The van der Waals surface area contributed by atoms with Gasteiger partial charge in [0.05, 0.1) is 32.7 Å². The molecule has 0 N–H and O–H groups in total. The molecule has 0 radical (unpaired) electrons. The van der Waals surface area contributed by atoms with Crippen molar-refractivity contribution < 1.29 is 14.2 Å². The lowest BCUT2D eigenvalue weighted by Crippen LogP contribution is -2.09. The molecule has 3 rings (SSSR count). The minimum atomic E-state index is 0.355. The normalized spacial score (nSPS) is 11.8. The van der Waals surface area contributed by atoms with Crippen molar-refractivity contribution in [2.24, 2.45) is 0 Å². The van der Waals surface area contributed by atoms with E-state index in [2.05, 4.69) is 41.4 Å². The Hall–Kier alpha value is -3.15. The molecular weight excluding hydrogens is 378 g/mol. The molecule has 1 heterocycles. The van der Waals surface area contributed by atoms with Crippen molar-refractivity contribution in [2.45, 2.75) is 39.0 Å². The topological polar surface area (TPSA) is 66.4 Å². The summed E-state index contributed by atoms with van der Waals surface area (Å²) in [6.07, 6.45) is 2.90. The lowest BCUT2D eigenvalue weighted by molar-refractivity contribution is 0.324. The summed E-state index contributed by atoms with van der Waals surface area (Å²) in [5.74, 6) is 2.80. The molecular formula is C24H29N3O3. The van der Waals surface area contributed by atoms with E-state index in [0.29, 0.717) is 23.2 Å². The van der Waals surface area contributed by atoms with Crippen molar-refractivity contribution in [2.75, 3.05) is 21.3 Å². The molecule has 0 fully saturated rings. The SMILES string of the molecule is CCCC(Cc1nnc(C)c(-c2cc(OC)c(OC)c(OC)c2)n1)c1ccccc1. The molecule has 0 saturated heterocycles. The van der Waals surface area contributed by atoms with E-state index in [4.69, 9.17) is 19.2 Å². The van der Waals surface area contributed by atoms with Gasteiger partial charge >= 0.3 is 0 Å². The number of methoxy groups -OCH3 is 3. The van der Waals surface area contributed by atoms with Gasteiger partial charge < -0.3 is 14.2 Å². The monoisotopic (exact) mass is 407 g/mol. The van der Waals surface area contributed by atoms with Gasteiger partial charge in [-0.1, -0.05) is 43.7 Å². The van der Waals surface area contributed by atoms with E-state index in [1.165, 1.54) is 5.56 Å². The molecule has 0 amide bonds. The minimum absolute atomic E-state index is 0.355. The van der Waals surface area contributed by atoms with Crippen molar-refractivity contribution in [3.05, 3.63) is 59.5 Å². The Labute approximate surface area is 178 Å². The molecule has 0 bridgehead atoms. The molecule has 0 spiro atoms. The zero-order valence-electron chi connectivity index (χ0n) is 18.3. The zero-order chi connectivity index (χ0) is 21.5. The number of hydrogen-bond donors (Lipinski definition) is 0. The molecule has 0 aliphatic carbocycles. The van der Waals surface area contributed by atoms with Crippen molar-refractivity contribution in [3.8, 4) is 28.5 Å². The van der Waals surface area contributed by atoms with Gasteiger partial charge in [-0.2, -0.15) is 5.10 Å². The Kier molecular flexibility index (Phi) is 7.22. The van der Waals surface area contributed by atoms with Crippen LogP contribution in [0.1, 0.15) is 42.8 Å². The molecule has 1 atom stereocenters. The lowest BCUT2D eigenvalue weighted by Gasteiger charge is -2.17. The molecule has 30 heavy (non-hydrogen) atoms. The number of rotatable bonds is 9.